The largest absolute Gasteiger partial charge is 0.481 e. The van der Waals surface area contributed by atoms with Gasteiger partial charge in [0, 0.05) is 22.8 Å². The average molecular weight is 402 g/mol. The van der Waals surface area contributed by atoms with E-state index in [1.165, 1.54) is 0 Å². The molecule has 0 unspecified atom stereocenters. The molecule has 0 radical (unpaired) electrons. The van der Waals surface area contributed by atoms with Gasteiger partial charge >= 0.3 is 5.97 Å². The lowest BCUT2D eigenvalue weighted by atomic mass is 10.0. The first kappa shape index (κ1) is 15.3. The summed E-state index contributed by atoms with van der Waals surface area (Å²) >= 11 is 6.84. The molecule has 4 nitrogen and oxygen atoms in total. The van der Waals surface area contributed by atoms with Gasteiger partial charge in [0.1, 0.15) is 0 Å². The van der Waals surface area contributed by atoms with Crippen molar-refractivity contribution in [3.05, 3.63) is 39.3 Å². The second-order valence-electron chi connectivity index (χ2n) is 4.62. The number of aromatic nitrogens is 1. The van der Waals surface area contributed by atoms with Gasteiger partial charge in [0.25, 0.3) is 0 Å². The van der Waals surface area contributed by atoms with E-state index in [4.69, 9.17) is 5.11 Å². The van der Waals surface area contributed by atoms with Crippen molar-refractivity contribution >= 4 is 49.8 Å². The second-order valence-corrected chi connectivity index (χ2v) is 6.30. The SMILES string of the molecule is CC1=N/C(=C\c2cc(Br)cn2Br)C(C)=C1CCC(=O)O. The van der Waals surface area contributed by atoms with Crippen LogP contribution in [0.1, 0.15) is 32.4 Å². The van der Waals surface area contributed by atoms with Gasteiger partial charge in [0.2, 0.25) is 0 Å². The van der Waals surface area contributed by atoms with Gasteiger partial charge in [-0.25, -0.2) is 0 Å². The Morgan fingerprint density at radius 3 is 2.75 bits per heavy atom. The molecule has 2 rings (SSSR count). The molecule has 0 saturated carbocycles. The van der Waals surface area contributed by atoms with Gasteiger partial charge in [-0.3, -0.25) is 13.4 Å². The zero-order chi connectivity index (χ0) is 14.9. The summed E-state index contributed by atoms with van der Waals surface area (Å²) in [6.45, 7) is 3.91. The molecule has 0 saturated heterocycles. The maximum Gasteiger partial charge on any atom is 0.303 e. The Morgan fingerprint density at radius 2 is 2.20 bits per heavy atom. The smallest absolute Gasteiger partial charge is 0.303 e. The molecule has 1 N–H and O–H groups in total. The van der Waals surface area contributed by atoms with Gasteiger partial charge < -0.3 is 5.11 Å². The maximum absolute atomic E-state index is 10.7. The Kier molecular flexibility index (Phi) is 4.65. The Bertz CT molecular complexity index is 654. The van der Waals surface area contributed by atoms with Crippen LogP contribution in [-0.2, 0) is 4.79 Å². The number of aliphatic carboxylic acids is 1. The van der Waals surface area contributed by atoms with Crippen LogP contribution >= 0.6 is 32.1 Å². The lowest BCUT2D eigenvalue weighted by Crippen LogP contribution is -2.00. The van der Waals surface area contributed by atoms with Crippen molar-refractivity contribution in [2.24, 2.45) is 4.99 Å². The average Bonchev–Trinajstić information content (AvgIpc) is 2.79. The lowest BCUT2D eigenvalue weighted by Gasteiger charge is -2.02. The summed E-state index contributed by atoms with van der Waals surface area (Å²) < 4.78 is 2.81. The molecule has 1 aromatic rings. The third-order valence-electron chi connectivity index (χ3n) is 3.20. The van der Waals surface area contributed by atoms with E-state index in [1.807, 2.05) is 35.8 Å². The highest BCUT2D eigenvalue weighted by Crippen LogP contribution is 2.30. The fourth-order valence-electron chi connectivity index (χ4n) is 2.17. The number of allylic oxidation sites excluding steroid dienone is 2. The van der Waals surface area contributed by atoms with Crippen molar-refractivity contribution in [1.29, 1.82) is 0 Å². The third-order valence-corrected chi connectivity index (χ3v) is 4.25. The minimum absolute atomic E-state index is 0.132. The van der Waals surface area contributed by atoms with Crippen LogP contribution < -0.4 is 0 Å². The molecule has 0 atom stereocenters. The highest BCUT2D eigenvalue weighted by atomic mass is 79.9. The molecule has 1 aliphatic heterocycles. The first-order chi connectivity index (χ1) is 9.38. The Balaban J connectivity index is 2.30. The van der Waals surface area contributed by atoms with Crippen molar-refractivity contribution in [3.8, 4) is 0 Å². The fourth-order valence-corrected chi connectivity index (χ4v) is 3.30. The van der Waals surface area contributed by atoms with Gasteiger partial charge in [-0.1, -0.05) is 0 Å². The number of carboxylic acids is 1. The number of rotatable bonds is 4. The van der Waals surface area contributed by atoms with Gasteiger partial charge in [0.05, 0.1) is 27.5 Å². The van der Waals surface area contributed by atoms with Gasteiger partial charge in [-0.15, -0.1) is 0 Å². The van der Waals surface area contributed by atoms with E-state index < -0.39 is 5.97 Å². The van der Waals surface area contributed by atoms with E-state index in [1.54, 1.807) is 0 Å². The summed E-state index contributed by atoms with van der Waals surface area (Å²) in [5.41, 5.74) is 4.84. The number of carboxylic acid groups (broad SMARTS) is 1. The van der Waals surface area contributed by atoms with Crippen LogP contribution in [0.25, 0.3) is 6.08 Å². The van der Waals surface area contributed by atoms with Gasteiger partial charge in [-0.05, 0) is 59.5 Å². The number of carbonyl (C=O) groups is 1. The first-order valence-corrected chi connectivity index (χ1v) is 7.62. The number of hydrogen-bond acceptors (Lipinski definition) is 2. The third kappa shape index (κ3) is 3.30. The van der Waals surface area contributed by atoms with Crippen LogP contribution in [0.3, 0.4) is 0 Å². The summed E-state index contributed by atoms with van der Waals surface area (Å²) in [5, 5.41) is 8.79. The molecule has 2 heterocycles. The molecule has 106 valence electrons. The standard InChI is InChI=1S/C14H14Br2N2O2/c1-8-12(3-4-14(19)20)9(2)17-13(8)6-11-5-10(15)7-18(11)16/h5-7H,3-4H2,1-2H3,(H,19,20)/b13-6-. The van der Waals surface area contributed by atoms with Crippen molar-refractivity contribution in [2.45, 2.75) is 26.7 Å². The predicted octanol–water partition coefficient (Wildman–Crippen LogP) is 4.41. The summed E-state index contributed by atoms with van der Waals surface area (Å²) in [5.74, 6) is -0.784. The highest BCUT2D eigenvalue weighted by molar-refractivity contribution is 9.10. The lowest BCUT2D eigenvalue weighted by molar-refractivity contribution is -0.136. The molecule has 20 heavy (non-hydrogen) atoms. The van der Waals surface area contributed by atoms with E-state index in [0.717, 1.165) is 32.7 Å². The summed E-state index contributed by atoms with van der Waals surface area (Å²) in [7, 11) is 0. The molecule has 0 bridgehead atoms. The summed E-state index contributed by atoms with van der Waals surface area (Å²) in [6, 6.07) is 1.98. The summed E-state index contributed by atoms with van der Waals surface area (Å²) in [6.07, 6.45) is 4.54. The molecule has 1 aliphatic rings. The number of hydrogen-bond donors (Lipinski definition) is 1. The van der Waals surface area contributed by atoms with Gasteiger partial charge in [0.15, 0.2) is 0 Å². The number of halogens is 2. The zero-order valence-electron chi connectivity index (χ0n) is 11.2. The summed E-state index contributed by atoms with van der Waals surface area (Å²) in [4.78, 5) is 15.2. The van der Waals surface area contributed by atoms with Crippen LogP contribution in [0.15, 0.2) is 38.6 Å². The molecule has 0 aromatic carbocycles. The van der Waals surface area contributed by atoms with E-state index >= 15 is 0 Å². The van der Waals surface area contributed by atoms with Crippen LogP contribution in [-0.4, -0.2) is 20.4 Å². The molecular formula is C14H14Br2N2O2. The minimum atomic E-state index is -0.784. The van der Waals surface area contributed by atoms with E-state index in [-0.39, 0.29) is 6.42 Å². The van der Waals surface area contributed by atoms with E-state index in [9.17, 15) is 4.79 Å². The van der Waals surface area contributed by atoms with E-state index in [2.05, 4.69) is 37.1 Å². The molecule has 6 heteroatoms. The van der Waals surface area contributed by atoms with Crippen molar-refractivity contribution in [3.63, 3.8) is 0 Å². The van der Waals surface area contributed by atoms with Crippen molar-refractivity contribution in [2.75, 3.05) is 0 Å². The topological polar surface area (TPSA) is 54.6 Å². The monoisotopic (exact) mass is 400 g/mol. The molecule has 1 aromatic heterocycles. The maximum atomic E-state index is 10.7. The molecular weight excluding hydrogens is 388 g/mol. The quantitative estimate of drug-likeness (QED) is 0.812. The number of nitrogens with zero attached hydrogens (tertiary/aromatic N) is 2. The fraction of sp³-hybridized carbons (Fsp3) is 0.286. The van der Waals surface area contributed by atoms with Gasteiger partial charge in [-0.2, -0.15) is 0 Å². The molecule has 0 aliphatic carbocycles. The van der Waals surface area contributed by atoms with Crippen LogP contribution in [0, 0.1) is 0 Å². The van der Waals surface area contributed by atoms with Crippen LogP contribution in [0.2, 0.25) is 0 Å². The second kappa shape index (κ2) is 6.10. The Hall–Kier alpha value is -1.14. The van der Waals surface area contributed by atoms with Crippen LogP contribution in [0.4, 0.5) is 0 Å². The molecule has 0 fully saturated rings. The van der Waals surface area contributed by atoms with Crippen molar-refractivity contribution < 1.29 is 9.90 Å². The predicted molar refractivity (Wildman–Crippen MR) is 87.1 cm³/mol. The van der Waals surface area contributed by atoms with Crippen LogP contribution in [0.5, 0.6) is 0 Å². The highest BCUT2D eigenvalue weighted by Gasteiger charge is 2.18. The van der Waals surface area contributed by atoms with Crippen molar-refractivity contribution in [1.82, 2.24) is 3.59 Å². The van der Waals surface area contributed by atoms with E-state index in [0.29, 0.717) is 6.42 Å². The number of aliphatic imine (C=N–C) groups is 1. The first-order valence-electron chi connectivity index (χ1n) is 6.12. The Morgan fingerprint density at radius 1 is 1.50 bits per heavy atom. The zero-order valence-corrected chi connectivity index (χ0v) is 14.3. The molecule has 0 spiro atoms. The minimum Gasteiger partial charge on any atom is -0.481 e. The Labute approximate surface area is 134 Å². The molecule has 0 amide bonds. The normalized spacial score (nSPS) is 17.0.